The average Bonchev–Trinajstić information content (AvgIpc) is 2.83. The van der Waals surface area contributed by atoms with Crippen molar-refractivity contribution in [2.45, 2.75) is 26.2 Å². The monoisotopic (exact) mass is 264 g/mol. The van der Waals surface area contributed by atoms with Crippen LogP contribution in [0.5, 0.6) is 0 Å². The second-order valence-corrected chi connectivity index (χ2v) is 4.83. The van der Waals surface area contributed by atoms with Gasteiger partial charge in [0.1, 0.15) is 6.61 Å². The van der Waals surface area contributed by atoms with Gasteiger partial charge in [-0.15, -0.1) is 0 Å². The van der Waals surface area contributed by atoms with Crippen molar-refractivity contribution in [3.05, 3.63) is 23.8 Å². The van der Waals surface area contributed by atoms with Gasteiger partial charge >= 0.3 is 11.9 Å². The molecule has 0 saturated carbocycles. The summed E-state index contributed by atoms with van der Waals surface area (Å²) in [5.41, 5.74) is 0.311. The van der Waals surface area contributed by atoms with Crippen LogP contribution in [0, 0.1) is 5.41 Å². The maximum atomic E-state index is 12.3. The highest BCUT2D eigenvalue weighted by molar-refractivity contribution is 6.08. The molecule has 1 spiro atoms. The number of ether oxygens (including phenoxy) is 2. The normalized spacial score (nSPS) is 25.9. The number of Topliss-reactive ketones (excluding diaryl/α,β-unsaturated/α-hetero) is 1. The zero-order valence-corrected chi connectivity index (χ0v) is 10.9. The lowest BCUT2D eigenvalue weighted by molar-refractivity contribution is -0.142. The molecule has 1 saturated heterocycles. The number of ketones is 1. The van der Waals surface area contributed by atoms with Gasteiger partial charge in [0.25, 0.3) is 0 Å². The third-order valence-electron chi connectivity index (χ3n) is 3.52. The van der Waals surface area contributed by atoms with E-state index in [0.717, 1.165) is 0 Å². The summed E-state index contributed by atoms with van der Waals surface area (Å²) >= 11 is 0. The van der Waals surface area contributed by atoms with Gasteiger partial charge in [-0.05, 0) is 18.9 Å². The molecule has 1 fully saturated rings. The molecule has 0 amide bonds. The standard InChI is InChI=1S/C14H16O5/c1-3-10-9(5-11(15)18-4-2)6-14(13(10)17)7-12(16)19-8-14/h3H,1,4-8H2,2H3. The predicted molar refractivity (Wildman–Crippen MR) is 66.1 cm³/mol. The van der Waals surface area contributed by atoms with Crippen molar-refractivity contribution in [2.24, 2.45) is 5.41 Å². The molecule has 1 aliphatic heterocycles. The van der Waals surface area contributed by atoms with E-state index >= 15 is 0 Å². The largest absolute Gasteiger partial charge is 0.466 e. The number of hydrogen-bond acceptors (Lipinski definition) is 5. The summed E-state index contributed by atoms with van der Waals surface area (Å²) in [5, 5.41) is 0. The summed E-state index contributed by atoms with van der Waals surface area (Å²) in [7, 11) is 0. The fraction of sp³-hybridized carbons (Fsp3) is 0.500. The van der Waals surface area contributed by atoms with Gasteiger partial charge in [0.2, 0.25) is 0 Å². The Morgan fingerprint density at radius 3 is 2.74 bits per heavy atom. The molecular formula is C14H16O5. The second kappa shape index (κ2) is 4.99. The second-order valence-electron chi connectivity index (χ2n) is 4.83. The fourth-order valence-corrected chi connectivity index (χ4v) is 2.67. The van der Waals surface area contributed by atoms with Crippen molar-refractivity contribution in [3.8, 4) is 0 Å². The lowest BCUT2D eigenvalue weighted by Gasteiger charge is -2.17. The van der Waals surface area contributed by atoms with Crippen LogP contribution in [0.25, 0.3) is 0 Å². The van der Waals surface area contributed by atoms with Crippen LogP contribution >= 0.6 is 0 Å². The molecule has 0 N–H and O–H groups in total. The van der Waals surface area contributed by atoms with E-state index in [0.29, 0.717) is 24.2 Å². The van der Waals surface area contributed by atoms with E-state index in [2.05, 4.69) is 6.58 Å². The molecule has 102 valence electrons. The smallest absolute Gasteiger partial charge is 0.309 e. The maximum absolute atomic E-state index is 12.3. The molecule has 0 aromatic heterocycles. The Bertz CT molecular complexity index is 488. The minimum absolute atomic E-state index is 0.0663. The Labute approximate surface area is 111 Å². The summed E-state index contributed by atoms with van der Waals surface area (Å²) < 4.78 is 9.80. The van der Waals surface area contributed by atoms with Gasteiger partial charge < -0.3 is 9.47 Å². The quantitative estimate of drug-likeness (QED) is 0.716. The Balaban J connectivity index is 2.20. The van der Waals surface area contributed by atoms with Gasteiger partial charge in [0.05, 0.1) is 24.9 Å². The van der Waals surface area contributed by atoms with E-state index in [-0.39, 0.29) is 37.2 Å². The van der Waals surface area contributed by atoms with Crippen molar-refractivity contribution >= 4 is 17.7 Å². The van der Waals surface area contributed by atoms with Crippen LogP contribution in [-0.4, -0.2) is 30.9 Å². The van der Waals surface area contributed by atoms with Gasteiger partial charge in [-0.2, -0.15) is 0 Å². The summed E-state index contributed by atoms with van der Waals surface area (Å²) in [6, 6.07) is 0. The first-order valence-electron chi connectivity index (χ1n) is 6.23. The van der Waals surface area contributed by atoms with Gasteiger partial charge in [0, 0.05) is 5.57 Å². The Morgan fingerprint density at radius 1 is 1.47 bits per heavy atom. The van der Waals surface area contributed by atoms with Gasteiger partial charge in [-0.25, -0.2) is 0 Å². The van der Waals surface area contributed by atoms with E-state index in [9.17, 15) is 14.4 Å². The first kappa shape index (κ1) is 13.5. The molecule has 5 heteroatoms. The van der Waals surface area contributed by atoms with Crippen LogP contribution in [-0.2, 0) is 23.9 Å². The number of cyclic esters (lactones) is 1. The average molecular weight is 264 g/mol. The van der Waals surface area contributed by atoms with E-state index in [1.54, 1.807) is 6.92 Å². The van der Waals surface area contributed by atoms with Crippen molar-refractivity contribution in [1.29, 1.82) is 0 Å². The Kier molecular flexibility index (Phi) is 3.55. The number of carbonyl (C=O) groups is 3. The van der Waals surface area contributed by atoms with Crippen LogP contribution in [0.15, 0.2) is 23.8 Å². The molecule has 1 heterocycles. The number of allylic oxidation sites excluding steroid dienone is 2. The molecule has 0 bridgehead atoms. The van der Waals surface area contributed by atoms with E-state index in [1.165, 1.54) is 6.08 Å². The predicted octanol–water partition coefficient (Wildman–Crippen LogP) is 1.33. The summed E-state index contributed by atoms with van der Waals surface area (Å²) in [5.74, 6) is -0.881. The number of hydrogen-bond donors (Lipinski definition) is 0. The molecule has 1 unspecified atom stereocenters. The highest BCUT2D eigenvalue weighted by Gasteiger charge is 2.52. The van der Waals surface area contributed by atoms with E-state index in [4.69, 9.17) is 9.47 Å². The van der Waals surface area contributed by atoms with Crippen LogP contribution in [0.2, 0.25) is 0 Å². The van der Waals surface area contributed by atoms with Crippen molar-refractivity contribution in [1.82, 2.24) is 0 Å². The highest BCUT2D eigenvalue weighted by Crippen LogP contribution is 2.46. The van der Waals surface area contributed by atoms with Gasteiger partial charge in [-0.3, -0.25) is 14.4 Å². The third-order valence-corrected chi connectivity index (χ3v) is 3.52. The SMILES string of the molecule is C=CC1=C(CC(=O)OCC)CC2(COC(=O)C2)C1=O. The summed E-state index contributed by atoms with van der Waals surface area (Å²) in [6.07, 6.45) is 1.97. The van der Waals surface area contributed by atoms with Crippen molar-refractivity contribution < 1.29 is 23.9 Å². The number of rotatable bonds is 4. The number of esters is 2. The van der Waals surface area contributed by atoms with E-state index < -0.39 is 5.41 Å². The minimum atomic E-state index is -0.817. The fourth-order valence-electron chi connectivity index (χ4n) is 2.67. The maximum Gasteiger partial charge on any atom is 0.309 e. The van der Waals surface area contributed by atoms with Crippen LogP contribution in [0.3, 0.4) is 0 Å². The molecule has 5 nitrogen and oxygen atoms in total. The van der Waals surface area contributed by atoms with Crippen LogP contribution in [0.4, 0.5) is 0 Å². The molecule has 0 radical (unpaired) electrons. The van der Waals surface area contributed by atoms with Crippen LogP contribution < -0.4 is 0 Å². The molecule has 19 heavy (non-hydrogen) atoms. The minimum Gasteiger partial charge on any atom is -0.466 e. The first-order chi connectivity index (χ1) is 9.02. The Hall–Kier alpha value is -1.91. The van der Waals surface area contributed by atoms with Crippen molar-refractivity contribution in [2.75, 3.05) is 13.2 Å². The molecule has 2 aliphatic rings. The lowest BCUT2D eigenvalue weighted by atomic mass is 9.82. The molecule has 1 aliphatic carbocycles. The zero-order chi connectivity index (χ0) is 14.0. The molecular weight excluding hydrogens is 248 g/mol. The topological polar surface area (TPSA) is 69.7 Å². The summed E-state index contributed by atoms with van der Waals surface area (Å²) in [6.45, 7) is 5.73. The molecule has 0 aromatic rings. The van der Waals surface area contributed by atoms with Gasteiger partial charge in [0.15, 0.2) is 5.78 Å². The summed E-state index contributed by atoms with van der Waals surface area (Å²) in [4.78, 5) is 35.1. The van der Waals surface area contributed by atoms with Gasteiger partial charge in [-0.1, -0.05) is 12.7 Å². The highest BCUT2D eigenvalue weighted by atomic mass is 16.5. The first-order valence-corrected chi connectivity index (χ1v) is 6.23. The van der Waals surface area contributed by atoms with Crippen molar-refractivity contribution in [3.63, 3.8) is 0 Å². The third kappa shape index (κ3) is 2.32. The number of carbonyl (C=O) groups excluding carboxylic acids is 3. The lowest BCUT2D eigenvalue weighted by Crippen LogP contribution is -2.28. The Morgan fingerprint density at radius 2 is 2.21 bits per heavy atom. The molecule has 2 rings (SSSR count). The molecule has 1 atom stereocenters. The zero-order valence-electron chi connectivity index (χ0n) is 10.9. The van der Waals surface area contributed by atoms with E-state index in [1.807, 2.05) is 0 Å². The molecule has 0 aromatic carbocycles. The van der Waals surface area contributed by atoms with Crippen LogP contribution in [0.1, 0.15) is 26.2 Å².